The Hall–Kier alpha value is -11.4. The van der Waals surface area contributed by atoms with E-state index in [9.17, 15) is 19.2 Å². The highest BCUT2D eigenvalue weighted by Crippen LogP contribution is 2.37. The third-order valence-electron chi connectivity index (χ3n) is 16.8. The highest BCUT2D eigenvalue weighted by molar-refractivity contribution is 5.79. The highest BCUT2D eigenvalue weighted by Gasteiger charge is 2.18. The molecule has 0 aliphatic rings. The van der Waals surface area contributed by atoms with Crippen LogP contribution >= 0.6 is 0 Å². The number of anilines is 6. The van der Waals surface area contributed by atoms with Crippen LogP contribution in [0.4, 0.5) is 34.1 Å². The van der Waals surface area contributed by atoms with Gasteiger partial charge in [-0.2, -0.15) is 0 Å². The van der Waals surface area contributed by atoms with Crippen molar-refractivity contribution in [3.63, 3.8) is 0 Å². The summed E-state index contributed by atoms with van der Waals surface area (Å²) in [7, 11) is 0. The van der Waals surface area contributed by atoms with Gasteiger partial charge >= 0.3 is 23.9 Å². The zero-order valence-corrected chi connectivity index (χ0v) is 54.3. The normalized spacial score (nSPS) is 10.8. The van der Waals surface area contributed by atoms with Gasteiger partial charge in [0.05, 0.1) is 0 Å². The van der Waals surface area contributed by atoms with Crippen LogP contribution in [0.1, 0.15) is 104 Å². The van der Waals surface area contributed by atoms with Gasteiger partial charge in [-0.15, -0.1) is 0 Å². The quantitative estimate of drug-likeness (QED) is 0.0291. The van der Waals surface area contributed by atoms with E-state index in [1.165, 1.54) is 11.1 Å². The Labute approximate surface area is 564 Å². The molecule has 96 heavy (non-hydrogen) atoms. The highest BCUT2D eigenvalue weighted by atomic mass is 16.5. The van der Waals surface area contributed by atoms with E-state index in [1.807, 2.05) is 97.1 Å². The molecule has 0 aliphatic carbocycles. The molecule has 0 saturated carbocycles. The molecule has 0 bridgehead atoms. The Bertz CT molecular complexity index is 3690. The minimum Gasteiger partial charge on any atom is -0.461 e. The summed E-state index contributed by atoms with van der Waals surface area (Å²) in [6, 6.07) is 81.7. The lowest BCUT2D eigenvalue weighted by Gasteiger charge is -2.26. The number of benzene rings is 10. The minimum atomic E-state index is -0.254. The zero-order valence-electron chi connectivity index (χ0n) is 54.3. The van der Waals surface area contributed by atoms with E-state index in [2.05, 4.69) is 182 Å². The number of ether oxygens (including phenoxy) is 4. The van der Waals surface area contributed by atoms with E-state index >= 15 is 0 Å². The van der Waals surface area contributed by atoms with E-state index in [0.717, 1.165) is 114 Å². The van der Waals surface area contributed by atoms with Gasteiger partial charge in [0.15, 0.2) is 0 Å². The van der Waals surface area contributed by atoms with Crippen LogP contribution in [-0.4, -0.2) is 23.9 Å². The lowest BCUT2D eigenvalue weighted by molar-refractivity contribution is -0.145. The molecule has 0 fully saturated rings. The third kappa shape index (κ3) is 20.1. The number of rotatable bonds is 33. The summed E-state index contributed by atoms with van der Waals surface area (Å²) in [5, 5.41) is 0. The molecular formula is C86H80N2O8. The topological polar surface area (TPSA) is 112 Å². The van der Waals surface area contributed by atoms with E-state index in [4.69, 9.17) is 18.9 Å². The first-order chi connectivity index (χ1) is 46.9. The zero-order chi connectivity index (χ0) is 66.9. The molecule has 0 aromatic heterocycles. The van der Waals surface area contributed by atoms with E-state index in [-0.39, 0.29) is 76.0 Å². The number of nitrogens with zero attached hydrogens (tertiary/aromatic N) is 2. The largest absolute Gasteiger partial charge is 0.461 e. The maximum atomic E-state index is 12.8. The van der Waals surface area contributed by atoms with E-state index in [0.29, 0.717) is 25.7 Å². The van der Waals surface area contributed by atoms with Gasteiger partial charge in [-0.05, 0) is 189 Å². The molecule has 10 rings (SSSR count). The molecule has 0 aliphatic heterocycles. The molecule has 0 unspecified atom stereocenters. The fraction of sp³-hybridized carbons (Fsp3) is 0.163. The van der Waals surface area contributed by atoms with Gasteiger partial charge < -0.3 is 28.7 Å². The first-order valence-electron chi connectivity index (χ1n) is 32.6. The first kappa shape index (κ1) is 67.5. The van der Waals surface area contributed by atoms with Crippen molar-refractivity contribution in [1.29, 1.82) is 0 Å². The van der Waals surface area contributed by atoms with Crippen LogP contribution in [0.3, 0.4) is 0 Å². The summed E-state index contributed by atoms with van der Waals surface area (Å²) in [5.74, 6) is -1.02. The van der Waals surface area contributed by atoms with Gasteiger partial charge in [-0.3, -0.25) is 19.2 Å². The smallest absolute Gasteiger partial charge is 0.306 e. The lowest BCUT2D eigenvalue weighted by atomic mass is 10.0. The second kappa shape index (κ2) is 34.5. The maximum Gasteiger partial charge on any atom is 0.306 e. The fourth-order valence-corrected chi connectivity index (χ4v) is 11.0. The van der Waals surface area contributed by atoms with Crippen molar-refractivity contribution in [2.24, 2.45) is 0 Å². The predicted molar refractivity (Wildman–Crippen MR) is 388 cm³/mol. The SMILES string of the molecule is C=Cc1ccc(COC(=O)CCc2ccc(N(c3ccc(CCC(=O)OCc4ccc(C=C)cc4)cc3)c3ccc(CCc4ccc(N(c5ccc(CCC(=O)OCc6ccc(C=C)cc6)cc5)c5ccc(CCC(=O)OCc6ccc(C=C)cc6)cc5)cc4)cc3)cc2)cc1. The number of carbonyl (C=O) groups is 4. The second-order valence-electron chi connectivity index (χ2n) is 23.6. The van der Waals surface area contributed by atoms with Crippen molar-refractivity contribution in [1.82, 2.24) is 0 Å². The predicted octanol–water partition coefficient (Wildman–Crippen LogP) is 19.7. The Balaban J connectivity index is 0.799. The van der Waals surface area contributed by atoms with Crippen LogP contribution in [0.2, 0.25) is 0 Å². The van der Waals surface area contributed by atoms with Crippen molar-refractivity contribution in [2.45, 2.75) is 90.6 Å². The molecule has 0 radical (unpaired) electrons. The van der Waals surface area contributed by atoms with Crippen LogP contribution in [0.15, 0.2) is 269 Å². The standard InChI is InChI=1S/C86H80N2O8/c1-5-63-9-19-73(20-10-63)59-93-83(89)55-39-69-31-47-79(48-32-69)87(80-49-33-70(34-50-80)40-56-84(90)94-60-74-21-11-64(6-2)12-22-74)77-43-27-67(28-44-77)17-18-68-29-45-78(46-30-68)88(81-51-35-71(36-52-81)41-57-85(91)95-61-75-23-13-65(7-3)14-24-75)82-53-37-72(38-54-82)42-58-86(92)96-62-76-25-15-66(8-4)16-26-76/h5-16,19-38,43-54H,1-4,17-18,39-42,55-62H2. The van der Waals surface area contributed by atoms with Gasteiger partial charge in [-0.25, -0.2) is 0 Å². The summed E-state index contributed by atoms with van der Waals surface area (Å²) >= 11 is 0. The number of esters is 4. The number of hydrogen-bond acceptors (Lipinski definition) is 10. The van der Waals surface area contributed by atoms with Gasteiger partial charge in [0.1, 0.15) is 26.4 Å². The summed E-state index contributed by atoms with van der Waals surface area (Å²) in [5.41, 5.74) is 20.0. The molecular weight excluding hydrogens is 1190 g/mol. The molecule has 10 aromatic rings. The van der Waals surface area contributed by atoms with Gasteiger partial charge in [0, 0.05) is 59.8 Å². The van der Waals surface area contributed by atoms with Crippen molar-refractivity contribution in [3.05, 3.63) is 347 Å². The van der Waals surface area contributed by atoms with E-state index in [1.54, 1.807) is 24.3 Å². The monoisotopic (exact) mass is 1270 g/mol. The van der Waals surface area contributed by atoms with Gasteiger partial charge in [-0.1, -0.05) is 220 Å². The Morgan fingerprint density at radius 1 is 0.229 bits per heavy atom. The summed E-state index contributed by atoms with van der Waals surface area (Å²) in [4.78, 5) is 55.8. The molecule has 0 heterocycles. The molecule has 482 valence electrons. The Morgan fingerprint density at radius 3 is 0.552 bits per heavy atom. The Kier molecular flexibility index (Phi) is 24.3. The van der Waals surface area contributed by atoms with Gasteiger partial charge in [0.25, 0.3) is 0 Å². The summed E-state index contributed by atoms with van der Waals surface area (Å²) in [6.07, 6.45) is 12.0. The van der Waals surface area contributed by atoms with Crippen LogP contribution in [-0.2, 0) is 103 Å². The van der Waals surface area contributed by atoms with Crippen molar-refractivity contribution in [2.75, 3.05) is 9.80 Å². The maximum absolute atomic E-state index is 12.8. The Morgan fingerprint density at radius 2 is 0.385 bits per heavy atom. The molecule has 10 heteroatoms. The molecule has 0 N–H and O–H groups in total. The van der Waals surface area contributed by atoms with Crippen molar-refractivity contribution >= 4 is 82.3 Å². The van der Waals surface area contributed by atoms with Crippen molar-refractivity contribution < 1.29 is 38.1 Å². The first-order valence-corrected chi connectivity index (χ1v) is 32.6. The molecule has 0 spiro atoms. The van der Waals surface area contributed by atoms with Crippen LogP contribution < -0.4 is 9.80 Å². The van der Waals surface area contributed by atoms with Crippen LogP contribution in [0.5, 0.6) is 0 Å². The van der Waals surface area contributed by atoms with Gasteiger partial charge in [0.2, 0.25) is 0 Å². The fourth-order valence-electron chi connectivity index (χ4n) is 11.0. The average molecular weight is 1270 g/mol. The summed E-state index contributed by atoms with van der Waals surface area (Å²) in [6.45, 7) is 16.1. The third-order valence-corrected chi connectivity index (χ3v) is 16.8. The summed E-state index contributed by atoms with van der Waals surface area (Å²) < 4.78 is 22.4. The van der Waals surface area contributed by atoms with Crippen LogP contribution in [0, 0.1) is 0 Å². The van der Waals surface area contributed by atoms with E-state index < -0.39 is 0 Å². The molecule has 10 nitrogen and oxygen atoms in total. The second-order valence-corrected chi connectivity index (χ2v) is 23.6. The average Bonchev–Trinajstić information content (AvgIpc) is 0.841. The number of hydrogen-bond donors (Lipinski definition) is 0. The molecule has 10 aromatic carbocycles. The molecule has 0 atom stereocenters. The lowest BCUT2D eigenvalue weighted by Crippen LogP contribution is -2.11. The number of aryl methyl sites for hydroxylation is 6. The minimum absolute atomic E-state index is 0.219. The molecule has 0 saturated heterocycles. The van der Waals surface area contributed by atoms with Crippen molar-refractivity contribution in [3.8, 4) is 0 Å². The van der Waals surface area contributed by atoms with Crippen LogP contribution in [0.25, 0.3) is 24.3 Å². The molecule has 0 amide bonds. The number of carbonyl (C=O) groups excluding carboxylic acids is 4.